The highest BCUT2D eigenvalue weighted by Gasteiger charge is 2.51. The van der Waals surface area contributed by atoms with Crippen molar-refractivity contribution in [2.75, 3.05) is 34.9 Å². The van der Waals surface area contributed by atoms with Crippen LogP contribution in [0.2, 0.25) is 0 Å². The minimum Gasteiger partial charge on any atom is -0.484 e. The molecule has 0 spiro atoms. The van der Waals surface area contributed by atoms with Crippen LogP contribution in [0.15, 0.2) is 36.4 Å². The lowest BCUT2D eigenvalue weighted by atomic mass is 10.0. The van der Waals surface area contributed by atoms with E-state index >= 15 is 0 Å². The maximum absolute atomic E-state index is 13.5. The smallest absolute Gasteiger partial charge is 0.417 e. The van der Waals surface area contributed by atoms with Gasteiger partial charge in [-0.3, -0.25) is 9.69 Å². The van der Waals surface area contributed by atoms with E-state index in [4.69, 9.17) is 22.2 Å². The second-order valence-electron chi connectivity index (χ2n) is 8.61. The number of amides is 1. The molecule has 1 fully saturated rings. The number of halogens is 3. The van der Waals surface area contributed by atoms with E-state index in [2.05, 4.69) is 0 Å². The van der Waals surface area contributed by atoms with Gasteiger partial charge in [0.2, 0.25) is 0 Å². The van der Waals surface area contributed by atoms with Crippen LogP contribution in [-0.4, -0.2) is 48.0 Å². The summed E-state index contributed by atoms with van der Waals surface area (Å²) in [5.74, 6) is 0.0579. The first-order valence-corrected chi connectivity index (χ1v) is 10.7. The number of fused-ring (bicyclic) bond motifs is 1. The van der Waals surface area contributed by atoms with Crippen LogP contribution in [-0.2, 0) is 11.0 Å². The van der Waals surface area contributed by atoms with Gasteiger partial charge in [0, 0.05) is 12.7 Å². The van der Waals surface area contributed by atoms with E-state index < -0.39 is 28.7 Å². The van der Waals surface area contributed by atoms with Crippen molar-refractivity contribution in [3.63, 3.8) is 0 Å². The Balaban J connectivity index is 1.76. The van der Waals surface area contributed by atoms with E-state index in [1.54, 1.807) is 36.9 Å². The molecule has 2 heterocycles. The zero-order chi connectivity index (χ0) is 25.0. The number of hydrogen-bond acceptors (Lipinski definition) is 6. The van der Waals surface area contributed by atoms with Crippen molar-refractivity contribution >= 4 is 40.3 Å². The van der Waals surface area contributed by atoms with Gasteiger partial charge in [0.15, 0.2) is 5.11 Å². The third kappa shape index (κ3) is 3.73. The van der Waals surface area contributed by atoms with Gasteiger partial charge < -0.3 is 19.6 Å². The third-order valence-electron chi connectivity index (χ3n) is 5.94. The van der Waals surface area contributed by atoms with Crippen LogP contribution in [0.4, 0.5) is 30.2 Å². The second kappa shape index (κ2) is 8.14. The summed E-state index contributed by atoms with van der Waals surface area (Å²) in [6.07, 6.45) is -5.14. The van der Waals surface area contributed by atoms with Crippen LogP contribution >= 0.6 is 12.2 Å². The lowest BCUT2D eigenvalue weighted by Gasteiger charge is -2.35. The van der Waals surface area contributed by atoms with E-state index in [1.807, 2.05) is 11.9 Å². The highest BCUT2D eigenvalue weighted by Crippen LogP contribution is 2.42. The molecule has 2 aromatic rings. The summed E-state index contributed by atoms with van der Waals surface area (Å²) in [6.45, 7) is 3.59. The minimum absolute atomic E-state index is 0.0143. The van der Waals surface area contributed by atoms with Crippen molar-refractivity contribution in [1.29, 1.82) is 5.26 Å². The topological polar surface area (TPSA) is 80.0 Å². The maximum Gasteiger partial charge on any atom is 0.417 e. The molecule has 34 heavy (non-hydrogen) atoms. The van der Waals surface area contributed by atoms with E-state index in [-0.39, 0.29) is 23.5 Å². The van der Waals surface area contributed by atoms with E-state index in [0.29, 0.717) is 18.0 Å². The number of ether oxygens (including phenoxy) is 1. The third-order valence-corrected chi connectivity index (χ3v) is 6.31. The van der Waals surface area contributed by atoms with Gasteiger partial charge in [-0.1, -0.05) is 0 Å². The summed E-state index contributed by atoms with van der Waals surface area (Å²) in [5, 5.41) is 18.5. The van der Waals surface area contributed by atoms with Crippen LogP contribution in [0.3, 0.4) is 0 Å². The zero-order valence-corrected chi connectivity index (χ0v) is 19.4. The highest BCUT2D eigenvalue weighted by atomic mass is 32.1. The fraction of sp³-hybridized carbons (Fsp3) is 0.348. The number of anilines is 3. The number of alkyl halides is 3. The first kappa shape index (κ1) is 23.8. The van der Waals surface area contributed by atoms with E-state index in [1.165, 1.54) is 12.1 Å². The molecule has 2 aromatic carbocycles. The molecule has 178 valence electrons. The molecule has 1 amide bonds. The Bertz CT molecular complexity index is 1220. The first-order chi connectivity index (χ1) is 15.9. The van der Waals surface area contributed by atoms with E-state index in [9.17, 15) is 23.1 Å². The van der Waals surface area contributed by atoms with Crippen molar-refractivity contribution in [1.82, 2.24) is 0 Å². The first-order valence-electron chi connectivity index (χ1n) is 10.3. The average molecular weight is 491 g/mol. The molecule has 0 radical (unpaired) electrons. The standard InChI is InChI=1S/C23H21F3N4O3S/c1-22(2)20(32)29(14-5-4-13(10-27)17(8-14)23(24,25)26)21(34)30(22)15-6-7-19-18(9-15)28(3)11-16(12-31)33-19/h4-9,16,31H,11-12H2,1-3H3. The molecule has 2 aliphatic rings. The summed E-state index contributed by atoms with van der Waals surface area (Å²) in [6, 6.07) is 9.82. The Labute approximate surface area is 199 Å². The number of aliphatic hydroxyl groups excluding tert-OH is 1. The molecule has 1 unspecified atom stereocenters. The number of thiocarbonyl (C=S) groups is 1. The van der Waals surface area contributed by atoms with Gasteiger partial charge in [0.1, 0.15) is 17.4 Å². The van der Waals surface area contributed by atoms with Crippen LogP contribution in [0.5, 0.6) is 5.75 Å². The zero-order valence-electron chi connectivity index (χ0n) is 18.6. The van der Waals surface area contributed by atoms with Crippen molar-refractivity contribution in [3.8, 4) is 11.8 Å². The number of likely N-dealkylation sites (N-methyl/N-ethyl adjacent to an activating group) is 1. The number of nitriles is 1. The van der Waals surface area contributed by atoms with Crippen LogP contribution in [0.1, 0.15) is 25.0 Å². The van der Waals surface area contributed by atoms with Gasteiger partial charge in [0.05, 0.1) is 41.7 Å². The Kier molecular flexibility index (Phi) is 5.70. The fourth-order valence-electron chi connectivity index (χ4n) is 4.22. The highest BCUT2D eigenvalue weighted by molar-refractivity contribution is 7.81. The molecule has 0 aromatic heterocycles. The quantitative estimate of drug-likeness (QED) is 0.658. The lowest BCUT2D eigenvalue weighted by Crippen LogP contribution is -2.44. The summed E-state index contributed by atoms with van der Waals surface area (Å²) < 4.78 is 46.3. The van der Waals surface area contributed by atoms with Gasteiger partial charge in [-0.15, -0.1) is 0 Å². The van der Waals surface area contributed by atoms with Crippen LogP contribution < -0.4 is 19.4 Å². The maximum atomic E-state index is 13.5. The number of carbonyl (C=O) groups is 1. The molecule has 0 bridgehead atoms. The van der Waals surface area contributed by atoms with Crippen LogP contribution in [0, 0.1) is 11.3 Å². The number of benzene rings is 2. The minimum atomic E-state index is -4.77. The monoisotopic (exact) mass is 490 g/mol. The van der Waals surface area contributed by atoms with Crippen molar-refractivity contribution < 1.29 is 27.8 Å². The van der Waals surface area contributed by atoms with Gasteiger partial charge in [-0.05, 0) is 62.5 Å². The Hall–Kier alpha value is -3.36. The summed E-state index contributed by atoms with van der Waals surface area (Å²) in [5.41, 5.74) is -1.65. The summed E-state index contributed by atoms with van der Waals surface area (Å²) in [4.78, 5) is 17.9. The lowest BCUT2D eigenvalue weighted by molar-refractivity contribution is -0.137. The van der Waals surface area contributed by atoms with Crippen LogP contribution in [0.25, 0.3) is 0 Å². The number of rotatable bonds is 3. The Morgan fingerprint density at radius 3 is 2.53 bits per heavy atom. The number of carbonyl (C=O) groups excluding carboxylic acids is 1. The molecular weight excluding hydrogens is 469 g/mol. The summed E-state index contributed by atoms with van der Waals surface area (Å²) >= 11 is 5.58. The van der Waals surface area contributed by atoms with E-state index in [0.717, 1.165) is 22.7 Å². The predicted octanol–water partition coefficient (Wildman–Crippen LogP) is 3.68. The molecule has 1 N–H and O–H groups in total. The SMILES string of the molecule is CN1CC(CO)Oc2ccc(N3C(=S)N(c4ccc(C#N)c(C(F)(F)F)c4)C(=O)C3(C)C)cc21. The number of hydrogen-bond donors (Lipinski definition) is 1. The largest absolute Gasteiger partial charge is 0.484 e. The molecule has 4 rings (SSSR count). The predicted molar refractivity (Wildman–Crippen MR) is 124 cm³/mol. The Morgan fingerprint density at radius 2 is 1.91 bits per heavy atom. The molecule has 1 atom stereocenters. The number of aliphatic hydroxyl groups is 1. The molecule has 1 saturated heterocycles. The molecule has 2 aliphatic heterocycles. The fourth-order valence-corrected chi connectivity index (χ4v) is 4.74. The van der Waals surface area contributed by atoms with Gasteiger partial charge in [-0.2, -0.15) is 18.4 Å². The molecule has 7 nitrogen and oxygen atoms in total. The molecule has 0 aliphatic carbocycles. The molecule has 11 heteroatoms. The van der Waals surface area contributed by atoms with Crippen molar-refractivity contribution in [2.45, 2.75) is 31.7 Å². The van der Waals surface area contributed by atoms with Gasteiger partial charge >= 0.3 is 6.18 Å². The molecular formula is C23H21F3N4O3S. The van der Waals surface area contributed by atoms with Gasteiger partial charge in [-0.25, -0.2) is 0 Å². The summed E-state index contributed by atoms with van der Waals surface area (Å²) in [7, 11) is 1.84. The Morgan fingerprint density at radius 1 is 1.24 bits per heavy atom. The number of nitrogens with zero attached hydrogens (tertiary/aromatic N) is 4. The van der Waals surface area contributed by atoms with Gasteiger partial charge in [0.25, 0.3) is 5.91 Å². The van der Waals surface area contributed by atoms with Crippen molar-refractivity contribution in [3.05, 3.63) is 47.5 Å². The van der Waals surface area contributed by atoms with Crippen molar-refractivity contribution in [2.24, 2.45) is 0 Å². The molecule has 0 saturated carbocycles. The normalized spacial score (nSPS) is 19.7. The second-order valence-corrected chi connectivity index (χ2v) is 8.98. The average Bonchev–Trinajstić information content (AvgIpc) is 2.96.